The van der Waals surface area contributed by atoms with Gasteiger partial charge in [0.2, 0.25) is 5.91 Å². The van der Waals surface area contributed by atoms with Crippen molar-refractivity contribution in [2.45, 2.75) is 32.2 Å². The molecule has 2 N–H and O–H groups in total. The summed E-state index contributed by atoms with van der Waals surface area (Å²) >= 11 is 3.78. The van der Waals surface area contributed by atoms with Crippen molar-refractivity contribution in [1.82, 2.24) is 10.2 Å². The Hall–Kier alpha value is -1.99. The smallest absolute Gasteiger partial charge is 0.234 e. The van der Waals surface area contributed by atoms with Gasteiger partial charge in [0.25, 0.3) is 0 Å². The van der Waals surface area contributed by atoms with Crippen molar-refractivity contribution in [3.63, 3.8) is 0 Å². The summed E-state index contributed by atoms with van der Waals surface area (Å²) in [5.74, 6) is -0.811. The molecule has 1 aliphatic rings. The van der Waals surface area contributed by atoms with Gasteiger partial charge in [-0.25, -0.2) is 4.39 Å². The van der Waals surface area contributed by atoms with Crippen molar-refractivity contribution in [3.8, 4) is 17.2 Å². The first-order chi connectivity index (χ1) is 13.2. The molecule has 1 saturated heterocycles. The fourth-order valence-corrected chi connectivity index (χ4v) is 5.78. The van der Waals surface area contributed by atoms with E-state index in [0.717, 1.165) is 25.3 Å². The Balaban J connectivity index is 2.09. The van der Waals surface area contributed by atoms with Crippen LogP contribution in [-0.4, -0.2) is 23.8 Å². The Kier molecular flexibility index (Phi) is 5.77. The number of nitrogens with zero attached hydrogens (tertiary/aromatic N) is 2. The second-order valence-corrected chi connectivity index (χ2v) is 9.88. The number of benzene rings is 1. The van der Waals surface area contributed by atoms with Crippen LogP contribution in [0, 0.1) is 31.4 Å². The molecule has 2 aromatic rings. The summed E-state index contributed by atoms with van der Waals surface area (Å²) in [4.78, 5) is 15.2. The van der Waals surface area contributed by atoms with Gasteiger partial charge >= 0.3 is 0 Å². The van der Waals surface area contributed by atoms with E-state index in [4.69, 9.17) is 10.7 Å². The predicted molar refractivity (Wildman–Crippen MR) is 117 cm³/mol. The number of thiophene rings is 1. The van der Waals surface area contributed by atoms with Crippen LogP contribution in [0.2, 0.25) is 0 Å². The maximum absolute atomic E-state index is 13.7. The van der Waals surface area contributed by atoms with Gasteiger partial charge in [-0.2, -0.15) is 5.26 Å². The first-order valence-electron chi connectivity index (χ1n) is 8.87. The third-order valence-corrected chi connectivity index (χ3v) is 7.62. The van der Waals surface area contributed by atoms with Crippen molar-refractivity contribution < 1.29 is 9.18 Å². The number of carbonyl (C=O) groups excluding carboxylic acids is 1. The molecule has 1 aromatic heterocycles. The van der Waals surface area contributed by atoms with E-state index in [2.05, 4.69) is 27.9 Å². The third-order valence-electron chi connectivity index (χ3n) is 5.21. The number of nitrogens with one attached hydrogen (secondary N) is 2. The Labute approximate surface area is 181 Å². The number of hydrogen-bond donors (Lipinski definition) is 2. The average Bonchev–Trinajstić information content (AvgIpc) is 3.06. The summed E-state index contributed by atoms with van der Waals surface area (Å²) in [6.07, 6.45) is 1.56. The van der Waals surface area contributed by atoms with Gasteiger partial charge in [0.05, 0.1) is 19.9 Å². The quantitative estimate of drug-likeness (QED) is 0.588. The Morgan fingerprint density at radius 3 is 2.82 bits per heavy atom. The van der Waals surface area contributed by atoms with Gasteiger partial charge in [0.1, 0.15) is 11.9 Å². The lowest BCUT2D eigenvalue weighted by molar-refractivity contribution is -0.135. The van der Waals surface area contributed by atoms with Crippen LogP contribution in [0.1, 0.15) is 37.1 Å². The van der Waals surface area contributed by atoms with E-state index >= 15 is 0 Å². The molecule has 1 fully saturated rings. The molecule has 1 aliphatic heterocycles. The van der Waals surface area contributed by atoms with Crippen LogP contribution in [0.15, 0.2) is 24.3 Å². The molecule has 0 radical (unpaired) electrons. The lowest BCUT2D eigenvalue weighted by Gasteiger charge is -2.45. The van der Waals surface area contributed by atoms with Gasteiger partial charge < -0.3 is 5.32 Å². The number of hydrogen-bond acceptors (Lipinski definition) is 4. The summed E-state index contributed by atoms with van der Waals surface area (Å²) in [6.45, 7) is 4.00. The van der Waals surface area contributed by atoms with Gasteiger partial charge in [-0.3, -0.25) is 15.1 Å². The zero-order valence-electron chi connectivity index (χ0n) is 15.8. The molecule has 8 heteroatoms. The van der Waals surface area contributed by atoms with Crippen molar-refractivity contribution in [1.29, 1.82) is 10.7 Å². The van der Waals surface area contributed by atoms with E-state index in [1.165, 1.54) is 11.0 Å². The van der Waals surface area contributed by atoms with E-state index in [9.17, 15) is 9.18 Å². The molecule has 1 amide bonds. The zero-order chi connectivity index (χ0) is 20.6. The molecule has 28 heavy (non-hydrogen) atoms. The number of halogens is 2. The summed E-state index contributed by atoms with van der Waals surface area (Å²) in [5, 5.41) is 20.5. The SMILES string of the molecule is CCC[C@H]1C(=O)N(C)C(=N)N[C@]1(C)c1cc(-c2ccc(F)c(C#N)c2)c(I)s1. The molecule has 0 aliphatic carbocycles. The zero-order valence-corrected chi connectivity index (χ0v) is 18.7. The average molecular weight is 510 g/mol. The summed E-state index contributed by atoms with van der Waals surface area (Å²) in [7, 11) is 1.62. The van der Waals surface area contributed by atoms with Crippen LogP contribution in [0.3, 0.4) is 0 Å². The van der Waals surface area contributed by atoms with Crippen LogP contribution in [-0.2, 0) is 10.3 Å². The highest BCUT2D eigenvalue weighted by Gasteiger charge is 2.47. The number of carbonyl (C=O) groups is 1. The van der Waals surface area contributed by atoms with E-state index in [-0.39, 0.29) is 23.3 Å². The van der Waals surface area contributed by atoms with Crippen LogP contribution in [0.5, 0.6) is 0 Å². The van der Waals surface area contributed by atoms with Crippen molar-refractivity contribution in [2.24, 2.45) is 5.92 Å². The standard InChI is InChI=1S/C20H20FIN4OS/c1-4-5-14-18(27)26(3)19(24)25-20(14,2)16-9-13(17(22)28-16)11-6-7-15(21)12(8-11)10-23/h6-9,14H,4-5H2,1-3H3,(H2,24,25)/t14-,20-/m0/s1. The summed E-state index contributed by atoms with van der Waals surface area (Å²) in [5.41, 5.74) is 0.964. The Morgan fingerprint density at radius 1 is 1.46 bits per heavy atom. The molecule has 146 valence electrons. The third kappa shape index (κ3) is 3.42. The second-order valence-electron chi connectivity index (χ2n) is 7.02. The molecule has 0 saturated carbocycles. The lowest BCUT2D eigenvalue weighted by Crippen LogP contribution is -2.63. The Morgan fingerprint density at radius 2 is 2.18 bits per heavy atom. The minimum absolute atomic E-state index is 0.00509. The highest BCUT2D eigenvalue weighted by molar-refractivity contribution is 14.1. The maximum atomic E-state index is 13.7. The molecule has 1 aromatic carbocycles. The molecular formula is C20H20FIN4OS. The molecule has 5 nitrogen and oxygen atoms in total. The number of guanidine groups is 1. The van der Waals surface area contributed by atoms with Crippen LogP contribution in [0.4, 0.5) is 4.39 Å². The van der Waals surface area contributed by atoms with Crippen molar-refractivity contribution >= 4 is 45.8 Å². The largest absolute Gasteiger partial charge is 0.345 e. The summed E-state index contributed by atoms with van der Waals surface area (Å²) < 4.78 is 14.7. The predicted octanol–water partition coefficient (Wildman–Crippen LogP) is 4.66. The van der Waals surface area contributed by atoms with Crippen LogP contribution in [0.25, 0.3) is 11.1 Å². The molecule has 0 spiro atoms. The first kappa shape index (κ1) is 20.7. The molecule has 0 unspecified atom stereocenters. The lowest BCUT2D eigenvalue weighted by atomic mass is 9.78. The fraction of sp³-hybridized carbons (Fsp3) is 0.350. The van der Waals surface area contributed by atoms with E-state index in [1.54, 1.807) is 30.5 Å². The highest BCUT2D eigenvalue weighted by Crippen LogP contribution is 2.44. The van der Waals surface area contributed by atoms with Crippen LogP contribution < -0.4 is 5.32 Å². The minimum atomic E-state index is -0.697. The summed E-state index contributed by atoms with van der Waals surface area (Å²) in [6, 6.07) is 8.37. The van der Waals surface area contributed by atoms with E-state index < -0.39 is 11.4 Å². The molecule has 2 heterocycles. The van der Waals surface area contributed by atoms with Gasteiger partial charge in [0, 0.05) is 17.5 Å². The minimum Gasteiger partial charge on any atom is -0.345 e. The van der Waals surface area contributed by atoms with Gasteiger partial charge in [-0.05, 0) is 59.7 Å². The first-order valence-corrected chi connectivity index (χ1v) is 10.8. The number of amides is 1. The maximum Gasteiger partial charge on any atom is 0.234 e. The number of rotatable bonds is 4. The van der Waals surface area contributed by atoms with Gasteiger partial charge in [-0.1, -0.05) is 19.4 Å². The molecule has 2 atom stereocenters. The molecular weight excluding hydrogens is 490 g/mol. The highest BCUT2D eigenvalue weighted by atomic mass is 127. The molecule has 3 rings (SSSR count). The topological polar surface area (TPSA) is 80.0 Å². The van der Waals surface area contributed by atoms with Gasteiger partial charge in [-0.15, -0.1) is 11.3 Å². The van der Waals surface area contributed by atoms with E-state index in [0.29, 0.717) is 6.42 Å². The monoisotopic (exact) mass is 510 g/mol. The second kappa shape index (κ2) is 7.79. The normalized spacial score (nSPS) is 22.1. The van der Waals surface area contributed by atoms with Gasteiger partial charge in [0.15, 0.2) is 5.96 Å². The van der Waals surface area contributed by atoms with Crippen molar-refractivity contribution in [2.75, 3.05) is 7.05 Å². The fourth-order valence-electron chi connectivity index (χ4n) is 3.54. The van der Waals surface area contributed by atoms with Crippen LogP contribution >= 0.6 is 33.9 Å². The number of nitriles is 1. The van der Waals surface area contributed by atoms with E-state index in [1.807, 2.05) is 26.0 Å². The van der Waals surface area contributed by atoms with Crippen molar-refractivity contribution in [3.05, 3.63) is 43.4 Å². The Bertz CT molecular complexity index is 999. The molecule has 0 bridgehead atoms.